The van der Waals surface area contributed by atoms with Crippen LogP contribution in [0.25, 0.3) is 33.0 Å². The van der Waals surface area contributed by atoms with Crippen LogP contribution in [0.1, 0.15) is 41.5 Å². The lowest BCUT2D eigenvalue weighted by Gasteiger charge is -2.10. The number of rotatable bonds is 12. The Morgan fingerprint density at radius 2 is 1.50 bits per heavy atom. The van der Waals surface area contributed by atoms with Crippen LogP contribution in [0.2, 0.25) is 0 Å². The van der Waals surface area contributed by atoms with E-state index in [-0.39, 0.29) is 5.82 Å². The molecule has 5 heteroatoms. The maximum Gasteiger partial charge on any atom is 0.132 e. The van der Waals surface area contributed by atoms with Gasteiger partial charge in [0.05, 0.1) is 13.2 Å². The van der Waals surface area contributed by atoms with Crippen molar-refractivity contribution < 1.29 is 13.9 Å². The van der Waals surface area contributed by atoms with E-state index in [9.17, 15) is 0 Å². The molecule has 0 aromatic heterocycles. The predicted octanol–water partition coefficient (Wildman–Crippen LogP) is 9.37. The van der Waals surface area contributed by atoms with Crippen molar-refractivity contribution in [2.45, 2.75) is 30.3 Å². The fourth-order valence-corrected chi connectivity index (χ4v) is 6.25. The van der Waals surface area contributed by atoms with Gasteiger partial charge in [-0.05, 0) is 94.6 Å². The summed E-state index contributed by atoms with van der Waals surface area (Å²) in [6.45, 7) is 2.38. The highest BCUT2D eigenvalue weighted by Gasteiger charge is 2.21. The van der Waals surface area contributed by atoms with Gasteiger partial charge in [-0.1, -0.05) is 72.7 Å². The van der Waals surface area contributed by atoms with Gasteiger partial charge >= 0.3 is 0 Å². The summed E-state index contributed by atoms with van der Waals surface area (Å²) in [5, 5.41) is 10.1. The number of hydrogen-bond donors (Lipinski definition) is 1. The minimum absolute atomic E-state index is 0.292. The average molecular weight is 624 g/mol. The lowest BCUT2D eigenvalue weighted by atomic mass is 9.93. The Morgan fingerprint density at radius 1 is 0.826 bits per heavy atom. The number of halogens is 1. The normalized spacial score (nSPS) is 13.5. The van der Waals surface area contributed by atoms with Gasteiger partial charge in [-0.3, -0.25) is 0 Å². The van der Waals surface area contributed by atoms with Gasteiger partial charge in [0.25, 0.3) is 0 Å². The van der Waals surface area contributed by atoms with Crippen LogP contribution < -0.4 is 0 Å². The van der Waals surface area contributed by atoms with Crippen LogP contribution in [0.4, 0.5) is 4.39 Å². The maximum atomic E-state index is 15.2. The molecule has 1 unspecified atom stereocenters. The maximum absolute atomic E-state index is 15.2. The standard InChI is InChI=1S/C41H34FNO2S/c1-2-29-8-12-32(13-9-29)37-21-16-34-24-30(10-19-38(34)40(37)26-43)6-7-31-11-20-39(41(42)25-31)33-14-17-36(18-15-33)46-23-5-3-4-22-44-27-35-28-45-35/h1,8-21,24-26,35,43H,3-5,22-23,27-28H2. The van der Waals surface area contributed by atoms with Crippen molar-refractivity contribution in [3.63, 3.8) is 0 Å². The molecule has 1 fully saturated rings. The zero-order chi connectivity index (χ0) is 31.7. The van der Waals surface area contributed by atoms with Crippen molar-refractivity contribution >= 4 is 28.7 Å². The molecule has 1 atom stereocenters. The summed E-state index contributed by atoms with van der Waals surface area (Å²) in [5.41, 5.74) is 6.49. The molecule has 46 heavy (non-hydrogen) atoms. The minimum Gasteiger partial charge on any atom is -0.379 e. The van der Waals surface area contributed by atoms with Gasteiger partial charge < -0.3 is 14.9 Å². The monoisotopic (exact) mass is 623 g/mol. The van der Waals surface area contributed by atoms with Gasteiger partial charge in [0.15, 0.2) is 0 Å². The molecule has 0 radical (unpaired) electrons. The van der Waals surface area contributed by atoms with Gasteiger partial charge in [0.2, 0.25) is 0 Å². The number of nitrogens with one attached hydrogen (secondary N) is 1. The molecule has 5 aromatic carbocycles. The summed E-state index contributed by atoms with van der Waals surface area (Å²) in [7, 11) is 0. The molecule has 228 valence electrons. The van der Waals surface area contributed by atoms with E-state index in [1.165, 1.54) is 17.2 Å². The van der Waals surface area contributed by atoms with Crippen LogP contribution in [-0.2, 0) is 9.47 Å². The molecule has 3 nitrogen and oxygen atoms in total. The first-order valence-electron chi connectivity index (χ1n) is 15.5. The summed E-state index contributed by atoms with van der Waals surface area (Å²) >= 11 is 1.83. The van der Waals surface area contributed by atoms with E-state index in [0.717, 1.165) is 89.0 Å². The number of epoxide rings is 1. The first-order chi connectivity index (χ1) is 22.6. The van der Waals surface area contributed by atoms with Crippen molar-refractivity contribution in [1.29, 1.82) is 5.41 Å². The molecule has 1 aliphatic rings. The lowest BCUT2D eigenvalue weighted by Crippen LogP contribution is -2.02. The number of unbranched alkanes of at least 4 members (excludes halogenated alkanes) is 2. The molecule has 0 aliphatic carbocycles. The fourth-order valence-electron chi connectivity index (χ4n) is 5.34. The number of hydrogen-bond acceptors (Lipinski definition) is 4. The molecule has 0 bridgehead atoms. The second-order valence-electron chi connectivity index (χ2n) is 11.2. The third kappa shape index (κ3) is 7.94. The molecule has 1 N–H and O–H groups in total. The van der Waals surface area contributed by atoms with Gasteiger partial charge in [0, 0.05) is 45.5 Å². The quantitative estimate of drug-likeness (QED) is 0.0495. The lowest BCUT2D eigenvalue weighted by molar-refractivity contribution is 0.113. The van der Waals surface area contributed by atoms with Gasteiger partial charge in [-0.25, -0.2) is 4.39 Å². The first-order valence-corrected chi connectivity index (χ1v) is 16.5. The van der Waals surface area contributed by atoms with E-state index in [4.69, 9.17) is 21.3 Å². The molecule has 0 amide bonds. The summed E-state index contributed by atoms with van der Waals surface area (Å²) in [6.07, 6.45) is 10.6. The first kappa shape index (κ1) is 31.3. The Kier molecular flexibility index (Phi) is 10.3. The van der Waals surface area contributed by atoms with E-state index in [0.29, 0.717) is 17.2 Å². The molecular formula is C41H34FNO2S. The van der Waals surface area contributed by atoms with E-state index >= 15 is 4.39 Å². The summed E-state index contributed by atoms with van der Waals surface area (Å²) in [5.74, 6) is 9.70. The molecule has 5 aromatic rings. The van der Waals surface area contributed by atoms with Crippen molar-refractivity contribution in [3.8, 4) is 46.4 Å². The second-order valence-corrected chi connectivity index (χ2v) is 12.4. The molecule has 1 heterocycles. The average Bonchev–Trinajstić information content (AvgIpc) is 3.93. The van der Waals surface area contributed by atoms with Gasteiger partial charge in [0.1, 0.15) is 11.9 Å². The third-order valence-corrected chi connectivity index (χ3v) is 9.06. The Labute approximate surface area is 274 Å². The SMILES string of the molecule is C#Cc1ccc(-c2ccc3cc(C#Cc4ccc(-c5ccc(SCCCCCOCC6CO6)cc5)c(F)c4)ccc3c2C=N)cc1. The predicted molar refractivity (Wildman–Crippen MR) is 188 cm³/mol. The molecule has 1 saturated heterocycles. The topological polar surface area (TPSA) is 45.6 Å². The molecule has 1 aliphatic heterocycles. The van der Waals surface area contributed by atoms with Gasteiger partial charge in [-0.2, -0.15) is 0 Å². The van der Waals surface area contributed by atoms with Crippen molar-refractivity contribution in [3.05, 3.63) is 125 Å². The Morgan fingerprint density at radius 3 is 2.22 bits per heavy atom. The van der Waals surface area contributed by atoms with Crippen LogP contribution in [0.15, 0.2) is 102 Å². The summed E-state index contributed by atoms with van der Waals surface area (Å²) < 4.78 is 25.9. The molecule has 6 rings (SSSR count). The van der Waals surface area contributed by atoms with Crippen LogP contribution in [0, 0.1) is 35.4 Å². The summed E-state index contributed by atoms with van der Waals surface area (Å²) in [6, 6.07) is 31.0. The Bertz CT molecular complexity index is 1940. The number of thioether (sulfide) groups is 1. The Hall–Kier alpha value is -4.65. The van der Waals surface area contributed by atoms with Crippen molar-refractivity contribution in [2.24, 2.45) is 0 Å². The highest BCUT2D eigenvalue weighted by atomic mass is 32.2. The highest BCUT2D eigenvalue weighted by molar-refractivity contribution is 7.99. The smallest absolute Gasteiger partial charge is 0.132 e. The van der Waals surface area contributed by atoms with E-state index in [1.807, 2.05) is 84.6 Å². The van der Waals surface area contributed by atoms with E-state index in [1.54, 1.807) is 6.07 Å². The molecule has 0 saturated carbocycles. The third-order valence-electron chi connectivity index (χ3n) is 7.96. The van der Waals surface area contributed by atoms with E-state index in [2.05, 4.69) is 29.9 Å². The number of terminal acetylenes is 1. The zero-order valence-electron chi connectivity index (χ0n) is 25.5. The fraction of sp³-hybridized carbons (Fsp3) is 0.195. The van der Waals surface area contributed by atoms with Crippen LogP contribution >= 0.6 is 11.8 Å². The molecular weight excluding hydrogens is 590 g/mol. The summed E-state index contributed by atoms with van der Waals surface area (Å²) in [4.78, 5) is 1.19. The highest BCUT2D eigenvalue weighted by Crippen LogP contribution is 2.31. The number of ether oxygens (including phenoxy) is 2. The van der Waals surface area contributed by atoms with Crippen LogP contribution in [0.3, 0.4) is 0 Å². The second kappa shape index (κ2) is 15.1. The largest absolute Gasteiger partial charge is 0.379 e. The van der Waals surface area contributed by atoms with Gasteiger partial charge in [-0.15, -0.1) is 18.2 Å². The van der Waals surface area contributed by atoms with Crippen LogP contribution in [-0.4, -0.2) is 37.9 Å². The number of benzene rings is 5. The van der Waals surface area contributed by atoms with Crippen molar-refractivity contribution in [2.75, 3.05) is 25.6 Å². The molecule has 0 spiro atoms. The Balaban J connectivity index is 1.07. The zero-order valence-corrected chi connectivity index (χ0v) is 26.3. The van der Waals surface area contributed by atoms with E-state index < -0.39 is 0 Å². The number of fused-ring (bicyclic) bond motifs is 1. The van der Waals surface area contributed by atoms with Crippen LogP contribution in [0.5, 0.6) is 0 Å². The minimum atomic E-state index is -0.292. The van der Waals surface area contributed by atoms with Crippen molar-refractivity contribution in [1.82, 2.24) is 0 Å².